The zero-order valence-electron chi connectivity index (χ0n) is 9.08. The van der Waals surface area contributed by atoms with Crippen LogP contribution in [0.5, 0.6) is 0 Å². The van der Waals surface area contributed by atoms with Crippen molar-refractivity contribution in [2.75, 3.05) is 0 Å². The molecule has 0 aliphatic heterocycles. The van der Waals surface area contributed by atoms with Crippen LogP contribution in [0.1, 0.15) is 32.6 Å². The van der Waals surface area contributed by atoms with Crippen molar-refractivity contribution in [3.8, 4) is 0 Å². The minimum absolute atomic E-state index is 0.133. The molecule has 1 aliphatic rings. The van der Waals surface area contributed by atoms with Crippen LogP contribution in [0.25, 0.3) is 0 Å². The summed E-state index contributed by atoms with van der Waals surface area (Å²) in [4.78, 5) is 1.19. The van der Waals surface area contributed by atoms with Crippen LogP contribution in [0.2, 0.25) is 0 Å². The number of thioether (sulfide) groups is 1. The molecule has 0 spiro atoms. The third-order valence-corrected chi connectivity index (χ3v) is 4.63. The van der Waals surface area contributed by atoms with E-state index < -0.39 is 5.67 Å². The molecule has 0 nitrogen and oxygen atoms in total. The summed E-state index contributed by atoms with van der Waals surface area (Å²) in [7, 11) is 0. The molecule has 2 unspecified atom stereocenters. The highest BCUT2D eigenvalue weighted by atomic mass is 32.2. The Morgan fingerprint density at radius 3 is 2.67 bits per heavy atom. The van der Waals surface area contributed by atoms with E-state index in [1.54, 1.807) is 18.7 Å². The first-order valence-corrected chi connectivity index (χ1v) is 6.47. The van der Waals surface area contributed by atoms with Gasteiger partial charge in [-0.05, 0) is 31.9 Å². The Morgan fingerprint density at radius 1 is 1.27 bits per heavy atom. The molecule has 2 atom stereocenters. The second-order valence-electron chi connectivity index (χ2n) is 4.44. The molecular formula is C13H17FS. The lowest BCUT2D eigenvalue weighted by atomic mass is 9.87. The summed E-state index contributed by atoms with van der Waals surface area (Å²) in [6.45, 7) is 1.76. The van der Waals surface area contributed by atoms with E-state index >= 15 is 0 Å². The van der Waals surface area contributed by atoms with Crippen molar-refractivity contribution in [3.63, 3.8) is 0 Å². The monoisotopic (exact) mass is 224 g/mol. The zero-order valence-corrected chi connectivity index (χ0v) is 9.90. The second-order valence-corrected chi connectivity index (χ2v) is 5.72. The normalized spacial score (nSPS) is 31.5. The van der Waals surface area contributed by atoms with Gasteiger partial charge in [-0.1, -0.05) is 31.0 Å². The lowest BCUT2D eigenvalue weighted by Crippen LogP contribution is -2.35. The van der Waals surface area contributed by atoms with E-state index in [1.165, 1.54) is 11.3 Å². The molecule has 0 heterocycles. The second kappa shape index (κ2) is 4.56. The molecule has 1 fully saturated rings. The van der Waals surface area contributed by atoms with Crippen molar-refractivity contribution in [2.24, 2.45) is 0 Å². The highest BCUT2D eigenvalue weighted by molar-refractivity contribution is 8.00. The third kappa shape index (κ3) is 2.75. The van der Waals surface area contributed by atoms with Crippen LogP contribution in [0.3, 0.4) is 0 Å². The van der Waals surface area contributed by atoms with E-state index in [9.17, 15) is 4.39 Å². The van der Waals surface area contributed by atoms with Gasteiger partial charge in [0, 0.05) is 10.1 Å². The van der Waals surface area contributed by atoms with Crippen LogP contribution in [0.4, 0.5) is 4.39 Å². The maximum absolute atomic E-state index is 14.2. The van der Waals surface area contributed by atoms with Gasteiger partial charge in [-0.3, -0.25) is 0 Å². The molecule has 0 amide bonds. The molecule has 1 aromatic carbocycles. The van der Waals surface area contributed by atoms with Crippen molar-refractivity contribution >= 4 is 11.8 Å². The largest absolute Gasteiger partial charge is 0.243 e. The van der Waals surface area contributed by atoms with Crippen LogP contribution in [0, 0.1) is 0 Å². The van der Waals surface area contributed by atoms with Crippen molar-refractivity contribution in [3.05, 3.63) is 30.3 Å². The van der Waals surface area contributed by atoms with Crippen molar-refractivity contribution in [2.45, 2.75) is 48.4 Å². The van der Waals surface area contributed by atoms with Gasteiger partial charge in [-0.2, -0.15) is 0 Å². The van der Waals surface area contributed by atoms with E-state index in [-0.39, 0.29) is 5.25 Å². The minimum Gasteiger partial charge on any atom is -0.243 e. The first kappa shape index (κ1) is 11.0. The number of hydrogen-bond donors (Lipinski definition) is 0. The first-order valence-electron chi connectivity index (χ1n) is 5.59. The van der Waals surface area contributed by atoms with Gasteiger partial charge >= 0.3 is 0 Å². The summed E-state index contributed by atoms with van der Waals surface area (Å²) >= 11 is 1.70. The van der Waals surface area contributed by atoms with Gasteiger partial charge < -0.3 is 0 Å². The predicted molar refractivity (Wildman–Crippen MR) is 64.1 cm³/mol. The smallest absolute Gasteiger partial charge is 0.120 e. The van der Waals surface area contributed by atoms with E-state index in [1.807, 2.05) is 18.2 Å². The number of hydrogen-bond acceptors (Lipinski definition) is 1. The van der Waals surface area contributed by atoms with E-state index in [4.69, 9.17) is 0 Å². The van der Waals surface area contributed by atoms with Gasteiger partial charge in [0.25, 0.3) is 0 Å². The van der Waals surface area contributed by atoms with Crippen LogP contribution < -0.4 is 0 Å². The van der Waals surface area contributed by atoms with Crippen LogP contribution >= 0.6 is 11.8 Å². The Kier molecular flexibility index (Phi) is 3.35. The lowest BCUT2D eigenvalue weighted by Gasteiger charge is -2.34. The zero-order chi connectivity index (χ0) is 10.7. The van der Waals surface area contributed by atoms with Crippen LogP contribution in [-0.4, -0.2) is 10.9 Å². The van der Waals surface area contributed by atoms with Crippen molar-refractivity contribution in [1.82, 2.24) is 0 Å². The molecule has 0 N–H and O–H groups in total. The highest BCUT2D eigenvalue weighted by Crippen LogP contribution is 2.41. The SMILES string of the molecule is CC1(F)CCCCC1Sc1ccccc1. The quantitative estimate of drug-likeness (QED) is 0.715. The maximum atomic E-state index is 14.2. The minimum atomic E-state index is -0.987. The Balaban J connectivity index is 2.05. The van der Waals surface area contributed by atoms with Gasteiger partial charge in [-0.25, -0.2) is 4.39 Å². The molecule has 1 aromatic rings. The summed E-state index contributed by atoms with van der Waals surface area (Å²) in [5, 5.41) is 0.133. The summed E-state index contributed by atoms with van der Waals surface area (Å²) in [6.07, 6.45) is 3.94. The molecule has 2 rings (SSSR count). The lowest BCUT2D eigenvalue weighted by molar-refractivity contribution is 0.138. The Bertz CT molecular complexity index is 308. The summed E-state index contributed by atoms with van der Waals surface area (Å²) in [5.41, 5.74) is -0.987. The number of benzene rings is 1. The summed E-state index contributed by atoms with van der Waals surface area (Å²) < 4.78 is 14.2. The molecule has 82 valence electrons. The predicted octanol–water partition coefficient (Wildman–Crippen LogP) is 4.45. The fourth-order valence-electron chi connectivity index (χ4n) is 2.11. The number of halogens is 1. The topological polar surface area (TPSA) is 0 Å². The molecule has 15 heavy (non-hydrogen) atoms. The van der Waals surface area contributed by atoms with Crippen molar-refractivity contribution in [1.29, 1.82) is 0 Å². The maximum Gasteiger partial charge on any atom is 0.120 e. The molecule has 1 saturated carbocycles. The third-order valence-electron chi connectivity index (χ3n) is 3.07. The van der Waals surface area contributed by atoms with Crippen LogP contribution in [-0.2, 0) is 0 Å². The van der Waals surface area contributed by atoms with E-state index in [0.717, 1.165) is 19.3 Å². The van der Waals surface area contributed by atoms with Gasteiger partial charge in [0.2, 0.25) is 0 Å². The van der Waals surface area contributed by atoms with Gasteiger partial charge in [-0.15, -0.1) is 11.8 Å². The average Bonchev–Trinajstić information content (AvgIpc) is 2.23. The fourth-order valence-corrected chi connectivity index (χ4v) is 3.40. The molecule has 0 saturated heterocycles. The highest BCUT2D eigenvalue weighted by Gasteiger charge is 2.37. The first-order chi connectivity index (χ1) is 7.18. The number of rotatable bonds is 2. The number of alkyl halides is 1. The summed E-state index contributed by atoms with van der Waals surface area (Å²) in [6, 6.07) is 10.2. The van der Waals surface area contributed by atoms with E-state index in [0.29, 0.717) is 0 Å². The Morgan fingerprint density at radius 2 is 2.00 bits per heavy atom. The molecule has 0 radical (unpaired) electrons. The summed E-state index contributed by atoms with van der Waals surface area (Å²) in [5.74, 6) is 0. The van der Waals surface area contributed by atoms with Gasteiger partial charge in [0.1, 0.15) is 5.67 Å². The van der Waals surface area contributed by atoms with Gasteiger partial charge in [0.15, 0.2) is 0 Å². The van der Waals surface area contributed by atoms with E-state index in [2.05, 4.69) is 12.1 Å². The Hall–Kier alpha value is -0.500. The Labute approximate surface area is 95.3 Å². The van der Waals surface area contributed by atoms with Gasteiger partial charge in [0.05, 0.1) is 0 Å². The van der Waals surface area contributed by atoms with Crippen molar-refractivity contribution < 1.29 is 4.39 Å². The molecule has 2 heteroatoms. The molecular weight excluding hydrogens is 207 g/mol. The molecule has 0 aromatic heterocycles. The molecule has 0 bridgehead atoms. The van der Waals surface area contributed by atoms with Crippen LogP contribution in [0.15, 0.2) is 35.2 Å². The average molecular weight is 224 g/mol. The fraction of sp³-hybridized carbons (Fsp3) is 0.538. The standard InChI is InChI=1S/C13H17FS/c1-13(14)10-6-5-9-12(13)15-11-7-3-2-4-8-11/h2-4,7-8,12H,5-6,9-10H2,1H3. The molecule has 1 aliphatic carbocycles.